The van der Waals surface area contributed by atoms with Gasteiger partial charge in [0.15, 0.2) is 0 Å². The van der Waals surface area contributed by atoms with Gasteiger partial charge in [-0.25, -0.2) is 9.40 Å². The number of carbonyl (C=O) groups is 1. The lowest BCUT2D eigenvalue weighted by Crippen LogP contribution is -2.51. The van der Waals surface area contributed by atoms with Crippen LogP contribution in [-0.4, -0.2) is 42.5 Å². The van der Waals surface area contributed by atoms with Crippen molar-refractivity contribution in [3.63, 3.8) is 0 Å². The zero-order chi connectivity index (χ0) is 21.7. The summed E-state index contributed by atoms with van der Waals surface area (Å²) in [6, 6.07) is 12.2. The molecular formula is C23H26FN3O3. The van der Waals surface area contributed by atoms with Gasteiger partial charge >= 0.3 is 0 Å². The highest BCUT2D eigenvalue weighted by Gasteiger charge is 2.29. The van der Waals surface area contributed by atoms with Crippen molar-refractivity contribution in [2.45, 2.75) is 25.9 Å². The first-order valence-electron chi connectivity index (χ1n) is 9.80. The van der Waals surface area contributed by atoms with Gasteiger partial charge in [-0.15, -0.1) is 0 Å². The Bertz CT molecular complexity index is 941. The molecule has 0 fully saturated rings. The van der Waals surface area contributed by atoms with E-state index in [4.69, 9.17) is 4.74 Å². The molecule has 1 amide bonds. The number of aliphatic hydroxyl groups is 1. The van der Waals surface area contributed by atoms with Gasteiger partial charge in [0.05, 0.1) is 31.2 Å². The zero-order valence-electron chi connectivity index (χ0n) is 17.2. The molecule has 1 aliphatic heterocycles. The van der Waals surface area contributed by atoms with E-state index in [-0.39, 0.29) is 24.5 Å². The van der Waals surface area contributed by atoms with E-state index in [1.165, 1.54) is 17.1 Å². The highest BCUT2D eigenvalue weighted by Crippen LogP contribution is 2.24. The second-order valence-corrected chi connectivity index (χ2v) is 7.38. The maximum atomic E-state index is 13.9. The number of carbonyl (C=O) groups excluding carboxylic acids is 1. The van der Waals surface area contributed by atoms with Gasteiger partial charge in [0.1, 0.15) is 17.6 Å². The van der Waals surface area contributed by atoms with Crippen LogP contribution in [0.2, 0.25) is 0 Å². The van der Waals surface area contributed by atoms with Crippen LogP contribution in [-0.2, 0) is 4.79 Å². The third-order valence-corrected chi connectivity index (χ3v) is 4.97. The summed E-state index contributed by atoms with van der Waals surface area (Å²) in [7, 11) is 1.60. The standard InChI is InChI=1S/C23H26FN3O3/c1-15(2)21(14-28)25-23(29)22-12-11-20(16-7-9-19(30-3)10-8-16)26-27(22)18-6-4-5-17(24)13-18/h4-13,15,21-22,28H,14H2,1-3H3,(H,25,29)/t21-,22?/m1/s1. The van der Waals surface area contributed by atoms with Crippen LogP contribution < -0.4 is 15.1 Å². The minimum atomic E-state index is -0.776. The van der Waals surface area contributed by atoms with Crippen molar-refractivity contribution in [2.75, 3.05) is 18.7 Å². The molecule has 0 spiro atoms. The summed E-state index contributed by atoms with van der Waals surface area (Å²) in [5.74, 6) is 0.0493. The van der Waals surface area contributed by atoms with Crippen molar-refractivity contribution >= 4 is 17.3 Å². The molecule has 2 N–H and O–H groups in total. The number of hydrogen-bond donors (Lipinski definition) is 2. The summed E-state index contributed by atoms with van der Waals surface area (Å²) in [6.45, 7) is 3.67. The van der Waals surface area contributed by atoms with E-state index in [1.807, 2.05) is 38.1 Å². The topological polar surface area (TPSA) is 74.2 Å². The molecule has 0 aliphatic carbocycles. The second kappa shape index (κ2) is 9.54. The Morgan fingerprint density at radius 3 is 2.60 bits per heavy atom. The van der Waals surface area contributed by atoms with Crippen LogP contribution in [0, 0.1) is 11.7 Å². The van der Waals surface area contributed by atoms with E-state index in [1.54, 1.807) is 31.4 Å². The third-order valence-electron chi connectivity index (χ3n) is 4.97. The summed E-state index contributed by atoms with van der Waals surface area (Å²) in [5.41, 5.74) is 1.92. The smallest absolute Gasteiger partial charge is 0.249 e. The van der Waals surface area contributed by atoms with Crippen LogP contribution >= 0.6 is 0 Å². The molecule has 2 aromatic carbocycles. The fraction of sp³-hybridized carbons (Fsp3) is 0.304. The van der Waals surface area contributed by atoms with Gasteiger partial charge in [-0.3, -0.25) is 4.79 Å². The number of methoxy groups -OCH3 is 1. The summed E-state index contributed by atoms with van der Waals surface area (Å²) < 4.78 is 19.1. The molecular weight excluding hydrogens is 385 g/mol. The number of ether oxygens (including phenoxy) is 1. The molecule has 0 bridgehead atoms. The molecule has 1 unspecified atom stereocenters. The van der Waals surface area contributed by atoms with E-state index in [0.717, 1.165) is 11.3 Å². The number of nitrogens with one attached hydrogen (secondary N) is 1. The van der Waals surface area contributed by atoms with Crippen molar-refractivity contribution in [1.82, 2.24) is 5.32 Å². The predicted molar refractivity (Wildman–Crippen MR) is 115 cm³/mol. The number of hydrogen-bond acceptors (Lipinski definition) is 5. The van der Waals surface area contributed by atoms with E-state index in [9.17, 15) is 14.3 Å². The van der Waals surface area contributed by atoms with Crippen LogP contribution in [0.5, 0.6) is 5.75 Å². The molecule has 0 radical (unpaired) electrons. The minimum absolute atomic E-state index is 0.0625. The van der Waals surface area contributed by atoms with Crippen LogP contribution in [0.25, 0.3) is 0 Å². The predicted octanol–water partition coefficient (Wildman–Crippen LogP) is 3.12. The SMILES string of the molecule is COc1ccc(C2=NN(c3cccc(F)c3)C(C(=O)N[C@H](CO)C(C)C)C=C2)cc1. The van der Waals surface area contributed by atoms with Gasteiger partial charge in [-0.05, 0) is 60.5 Å². The summed E-state index contributed by atoms with van der Waals surface area (Å²) >= 11 is 0. The Kier molecular flexibility index (Phi) is 6.84. The van der Waals surface area contributed by atoms with Crippen LogP contribution in [0.1, 0.15) is 19.4 Å². The van der Waals surface area contributed by atoms with Gasteiger partial charge in [-0.2, -0.15) is 5.10 Å². The largest absolute Gasteiger partial charge is 0.497 e. The highest BCUT2D eigenvalue weighted by atomic mass is 19.1. The Hall–Kier alpha value is -3.19. The van der Waals surface area contributed by atoms with Gasteiger partial charge in [-0.1, -0.05) is 19.9 Å². The Labute approximate surface area is 175 Å². The lowest BCUT2D eigenvalue weighted by Gasteiger charge is -2.31. The Morgan fingerprint density at radius 1 is 1.27 bits per heavy atom. The molecule has 158 valence electrons. The minimum Gasteiger partial charge on any atom is -0.497 e. The molecule has 0 saturated carbocycles. The maximum Gasteiger partial charge on any atom is 0.249 e. The molecule has 3 rings (SSSR count). The van der Waals surface area contributed by atoms with Crippen molar-refractivity contribution in [2.24, 2.45) is 11.0 Å². The number of anilines is 1. The number of benzene rings is 2. The number of nitrogens with zero attached hydrogens (tertiary/aromatic N) is 2. The third kappa shape index (κ3) is 4.86. The maximum absolute atomic E-state index is 13.9. The number of allylic oxidation sites excluding steroid dienone is 1. The average Bonchev–Trinajstić information content (AvgIpc) is 2.76. The van der Waals surface area contributed by atoms with Gasteiger partial charge in [0, 0.05) is 5.56 Å². The van der Waals surface area contributed by atoms with Crippen LogP contribution in [0.4, 0.5) is 10.1 Å². The van der Waals surface area contributed by atoms with E-state index < -0.39 is 11.9 Å². The molecule has 0 saturated heterocycles. The van der Waals surface area contributed by atoms with Crippen molar-refractivity contribution < 1.29 is 19.0 Å². The average molecular weight is 411 g/mol. The Morgan fingerprint density at radius 2 is 2.00 bits per heavy atom. The van der Waals surface area contributed by atoms with Crippen molar-refractivity contribution in [3.8, 4) is 5.75 Å². The van der Waals surface area contributed by atoms with Gasteiger partial charge in [0.2, 0.25) is 5.91 Å². The van der Waals surface area contributed by atoms with Crippen molar-refractivity contribution in [1.29, 1.82) is 0 Å². The van der Waals surface area contributed by atoms with Gasteiger partial charge in [0.25, 0.3) is 0 Å². The molecule has 1 heterocycles. The monoisotopic (exact) mass is 411 g/mol. The second-order valence-electron chi connectivity index (χ2n) is 7.38. The molecule has 2 aromatic rings. The molecule has 1 aliphatic rings. The van der Waals surface area contributed by atoms with Gasteiger partial charge < -0.3 is 15.2 Å². The fourth-order valence-electron chi connectivity index (χ4n) is 3.12. The summed E-state index contributed by atoms with van der Waals surface area (Å²) in [4.78, 5) is 13.0. The van der Waals surface area contributed by atoms with Crippen LogP contribution in [0.15, 0.2) is 65.8 Å². The first-order valence-corrected chi connectivity index (χ1v) is 9.80. The van der Waals surface area contributed by atoms with Crippen molar-refractivity contribution in [3.05, 3.63) is 72.1 Å². The Balaban J connectivity index is 1.94. The lowest BCUT2D eigenvalue weighted by molar-refractivity contribution is -0.122. The quantitative estimate of drug-likeness (QED) is 0.734. The summed E-state index contributed by atoms with van der Waals surface area (Å²) in [6.07, 6.45) is 3.49. The van der Waals surface area contributed by atoms with Crippen LogP contribution in [0.3, 0.4) is 0 Å². The van der Waals surface area contributed by atoms with E-state index in [2.05, 4.69) is 10.4 Å². The molecule has 30 heavy (non-hydrogen) atoms. The highest BCUT2D eigenvalue weighted by molar-refractivity contribution is 6.11. The molecule has 7 heteroatoms. The first kappa shape index (κ1) is 21.5. The molecule has 2 atom stereocenters. The van der Waals surface area contributed by atoms with E-state index in [0.29, 0.717) is 11.4 Å². The number of hydrazone groups is 1. The number of aliphatic hydroxyl groups excluding tert-OH is 1. The normalized spacial score (nSPS) is 16.9. The van der Waals surface area contributed by atoms with E-state index >= 15 is 0 Å². The zero-order valence-corrected chi connectivity index (χ0v) is 17.2. The molecule has 6 nitrogen and oxygen atoms in total. The lowest BCUT2D eigenvalue weighted by atomic mass is 10.0. The number of amides is 1. The summed E-state index contributed by atoms with van der Waals surface area (Å²) in [5, 5.41) is 18.5. The molecule has 0 aromatic heterocycles. The first-order chi connectivity index (χ1) is 14.4. The number of rotatable bonds is 7. The fourth-order valence-corrected chi connectivity index (χ4v) is 3.12. The number of halogens is 1.